The monoisotopic (exact) mass is 410 g/mol. The number of aryl methyl sites for hydroxylation is 2. The van der Waals surface area contributed by atoms with Crippen LogP contribution in [0.5, 0.6) is 0 Å². The zero-order chi connectivity index (χ0) is 19.8. The summed E-state index contributed by atoms with van der Waals surface area (Å²) in [5, 5.41) is 9.04. The van der Waals surface area contributed by atoms with Gasteiger partial charge in [-0.25, -0.2) is 8.42 Å². The minimum absolute atomic E-state index is 0.0455. The molecule has 0 saturated carbocycles. The van der Waals surface area contributed by atoms with Gasteiger partial charge in [0.25, 0.3) is 0 Å². The van der Waals surface area contributed by atoms with Crippen LogP contribution in [0.2, 0.25) is 0 Å². The molecule has 0 spiro atoms. The van der Waals surface area contributed by atoms with Crippen molar-refractivity contribution in [3.63, 3.8) is 0 Å². The number of amidine groups is 1. The number of sulfone groups is 1. The largest absolute Gasteiger partial charge is 0.481 e. The van der Waals surface area contributed by atoms with Crippen LogP contribution < -0.4 is 4.90 Å². The van der Waals surface area contributed by atoms with E-state index in [1.165, 1.54) is 11.8 Å². The summed E-state index contributed by atoms with van der Waals surface area (Å²) in [5.41, 5.74) is 3.03. The average molecular weight is 411 g/mol. The molecule has 9 heteroatoms. The number of hydrogen-bond donors (Lipinski definition) is 1. The van der Waals surface area contributed by atoms with E-state index in [0.717, 1.165) is 16.8 Å². The Balaban J connectivity index is 1.88. The van der Waals surface area contributed by atoms with Gasteiger partial charge in [-0.1, -0.05) is 17.8 Å². The van der Waals surface area contributed by atoms with Crippen molar-refractivity contribution in [1.29, 1.82) is 0 Å². The maximum Gasteiger partial charge on any atom is 0.303 e. The van der Waals surface area contributed by atoms with Gasteiger partial charge in [0.1, 0.15) is 0 Å². The molecule has 3 rings (SSSR count). The molecule has 0 bridgehead atoms. The molecule has 27 heavy (non-hydrogen) atoms. The standard InChI is InChI=1S/C18H22N2O5S2/c1-11-6-7-13(8-12(11)2)20-14-9-27(24,25)10-15(14)26-18(20)19-16(21)4-3-5-17(22)23/h6-8,14-15H,3-5,9-10H2,1-2H3,(H,22,23)/t14-,15-/m0/s1. The number of amides is 1. The van der Waals surface area contributed by atoms with E-state index in [1.807, 2.05) is 36.9 Å². The number of aliphatic carboxylic acids is 1. The zero-order valence-electron chi connectivity index (χ0n) is 15.2. The highest BCUT2D eigenvalue weighted by atomic mass is 32.2. The highest BCUT2D eigenvalue weighted by Crippen LogP contribution is 2.41. The quantitative estimate of drug-likeness (QED) is 0.793. The van der Waals surface area contributed by atoms with Gasteiger partial charge in [-0.2, -0.15) is 4.99 Å². The second kappa shape index (κ2) is 7.63. The second-order valence-corrected chi connectivity index (χ2v) is 10.3. The van der Waals surface area contributed by atoms with Gasteiger partial charge in [0, 0.05) is 23.8 Å². The lowest BCUT2D eigenvalue weighted by molar-refractivity contribution is -0.137. The lowest BCUT2D eigenvalue weighted by Gasteiger charge is -2.25. The van der Waals surface area contributed by atoms with Gasteiger partial charge >= 0.3 is 5.97 Å². The van der Waals surface area contributed by atoms with Crippen LogP contribution in [-0.2, 0) is 19.4 Å². The van der Waals surface area contributed by atoms with E-state index >= 15 is 0 Å². The molecule has 0 aliphatic carbocycles. The van der Waals surface area contributed by atoms with Gasteiger partial charge in [-0.15, -0.1) is 0 Å². The second-order valence-electron chi connectivity index (χ2n) is 6.97. The van der Waals surface area contributed by atoms with E-state index in [4.69, 9.17) is 5.11 Å². The van der Waals surface area contributed by atoms with E-state index in [0.29, 0.717) is 5.17 Å². The molecular weight excluding hydrogens is 388 g/mol. The predicted octanol–water partition coefficient (Wildman–Crippen LogP) is 2.16. The van der Waals surface area contributed by atoms with Crippen LogP contribution >= 0.6 is 11.8 Å². The molecule has 0 unspecified atom stereocenters. The highest BCUT2D eigenvalue weighted by Gasteiger charge is 2.49. The van der Waals surface area contributed by atoms with E-state index in [1.54, 1.807) is 0 Å². The summed E-state index contributed by atoms with van der Waals surface area (Å²) in [4.78, 5) is 28.8. The first-order valence-electron chi connectivity index (χ1n) is 8.73. The Morgan fingerprint density at radius 1 is 1.22 bits per heavy atom. The van der Waals surface area contributed by atoms with Crippen LogP contribution in [0.25, 0.3) is 0 Å². The molecule has 2 aliphatic heterocycles. The number of fused-ring (bicyclic) bond motifs is 1. The first kappa shape index (κ1) is 19.9. The van der Waals surface area contributed by atoms with Crippen molar-refractivity contribution >= 4 is 44.3 Å². The number of anilines is 1. The van der Waals surface area contributed by atoms with Crippen LogP contribution in [0.4, 0.5) is 5.69 Å². The summed E-state index contributed by atoms with van der Waals surface area (Å²) in [6.07, 6.45) is 0.222. The minimum Gasteiger partial charge on any atom is -0.481 e. The predicted molar refractivity (Wildman–Crippen MR) is 106 cm³/mol. The molecule has 1 aromatic rings. The molecule has 146 valence electrons. The summed E-state index contributed by atoms with van der Waals surface area (Å²) in [7, 11) is -3.11. The fraction of sp³-hybridized carbons (Fsp3) is 0.500. The van der Waals surface area contributed by atoms with Crippen LogP contribution in [0, 0.1) is 13.8 Å². The first-order chi connectivity index (χ1) is 12.7. The molecular formula is C18H22N2O5S2. The first-order valence-corrected chi connectivity index (χ1v) is 11.4. The van der Waals surface area contributed by atoms with Crippen LogP contribution in [0.1, 0.15) is 30.4 Å². The molecule has 2 saturated heterocycles. The molecule has 2 heterocycles. The van der Waals surface area contributed by atoms with Gasteiger partial charge in [0.2, 0.25) is 5.91 Å². The third kappa shape index (κ3) is 4.52. The van der Waals surface area contributed by atoms with Crippen LogP contribution in [0.3, 0.4) is 0 Å². The maximum atomic E-state index is 12.2. The number of benzene rings is 1. The highest BCUT2D eigenvalue weighted by molar-refractivity contribution is 8.16. The van der Waals surface area contributed by atoms with Gasteiger partial charge < -0.3 is 10.0 Å². The Morgan fingerprint density at radius 2 is 1.96 bits per heavy atom. The fourth-order valence-corrected chi connectivity index (χ4v) is 7.23. The average Bonchev–Trinajstić information content (AvgIpc) is 3.00. The minimum atomic E-state index is -3.11. The molecule has 7 nitrogen and oxygen atoms in total. The van der Waals surface area contributed by atoms with Gasteiger partial charge in [0.15, 0.2) is 15.0 Å². The molecule has 2 atom stereocenters. The number of carboxylic acids is 1. The Labute approximate surface area is 162 Å². The topological polar surface area (TPSA) is 104 Å². The van der Waals surface area contributed by atoms with Crippen molar-refractivity contribution in [1.82, 2.24) is 0 Å². The fourth-order valence-electron chi connectivity index (χ4n) is 3.30. The number of aliphatic imine (C=N–C) groups is 1. The summed E-state index contributed by atoms with van der Waals surface area (Å²) in [6, 6.07) is 5.62. The number of carbonyl (C=O) groups is 2. The van der Waals surface area contributed by atoms with Crippen molar-refractivity contribution in [3.05, 3.63) is 29.3 Å². The molecule has 1 amide bonds. The van der Waals surface area contributed by atoms with Gasteiger partial charge in [-0.05, 0) is 43.5 Å². The number of rotatable bonds is 5. The van der Waals surface area contributed by atoms with E-state index in [-0.39, 0.29) is 48.0 Å². The lowest BCUT2D eigenvalue weighted by atomic mass is 10.1. The smallest absolute Gasteiger partial charge is 0.303 e. The van der Waals surface area contributed by atoms with E-state index < -0.39 is 15.8 Å². The summed E-state index contributed by atoms with van der Waals surface area (Å²) in [5.74, 6) is -1.20. The maximum absolute atomic E-state index is 12.2. The van der Waals surface area contributed by atoms with Crippen molar-refractivity contribution in [2.24, 2.45) is 4.99 Å². The van der Waals surface area contributed by atoms with Crippen molar-refractivity contribution < 1.29 is 23.1 Å². The summed E-state index contributed by atoms with van der Waals surface area (Å²) < 4.78 is 24.1. The van der Waals surface area contributed by atoms with Crippen LogP contribution in [-0.4, -0.2) is 53.4 Å². The normalized spacial score (nSPS) is 25.0. The number of carbonyl (C=O) groups excluding carboxylic acids is 1. The number of carboxylic acid groups (broad SMARTS) is 1. The van der Waals surface area contributed by atoms with Crippen molar-refractivity contribution in [2.75, 3.05) is 16.4 Å². The van der Waals surface area contributed by atoms with Crippen molar-refractivity contribution in [2.45, 2.75) is 44.4 Å². The lowest BCUT2D eigenvalue weighted by Crippen LogP contribution is -2.37. The Morgan fingerprint density at radius 3 is 2.63 bits per heavy atom. The summed E-state index contributed by atoms with van der Waals surface area (Å²) >= 11 is 1.32. The third-order valence-corrected chi connectivity index (χ3v) is 8.05. The Kier molecular flexibility index (Phi) is 5.62. The molecule has 1 N–H and O–H groups in total. The van der Waals surface area contributed by atoms with Crippen molar-refractivity contribution in [3.8, 4) is 0 Å². The number of nitrogens with zero attached hydrogens (tertiary/aromatic N) is 2. The molecule has 0 aromatic heterocycles. The summed E-state index contributed by atoms with van der Waals surface area (Å²) in [6.45, 7) is 3.99. The zero-order valence-corrected chi connectivity index (χ0v) is 16.8. The molecule has 1 aromatic carbocycles. The van der Waals surface area contributed by atoms with E-state index in [9.17, 15) is 18.0 Å². The number of thioether (sulfide) groups is 1. The Bertz CT molecular complexity index is 910. The number of hydrogen-bond acceptors (Lipinski definition) is 5. The molecule has 0 radical (unpaired) electrons. The molecule has 2 fully saturated rings. The third-order valence-electron chi connectivity index (χ3n) is 4.84. The van der Waals surface area contributed by atoms with Crippen LogP contribution in [0.15, 0.2) is 23.2 Å². The molecule has 2 aliphatic rings. The van der Waals surface area contributed by atoms with Gasteiger partial charge in [-0.3, -0.25) is 9.59 Å². The Hall–Kier alpha value is -1.87. The van der Waals surface area contributed by atoms with E-state index in [2.05, 4.69) is 4.99 Å². The SMILES string of the molecule is Cc1ccc(N2C(=NC(=O)CCCC(=O)O)S[C@H]3CS(=O)(=O)C[C@@H]32)cc1C. The van der Waals surface area contributed by atoms with Gasteiger partial charge in [0.05, 0.1) is 17.5 Å².